The number of halogens is 2. The van der Waals surface area contributed by atoms with Crippen LogP contribution in [0.3, 0.4) is 0 Å². The van der Waals surface area contributed by atoms with Crippen LogP contribution in [0.25, 0.3) is 22.8 Å². The van der Waals surface area contributed by atoms with Crippen molar-refractivity contribution in [1.82, 2.24) is 15.0 Å². The van der Waals surface area contributed by atoms with Crippen LogP contribution in [0.1, 0.15) is 5.56 Å². The Morgan fingerprint density at radius 1 is 1.24 bits per heavy atom. The number of rotatable bonds is 2. The van der Waals surface area contributed by atoms with Crippen LogP contribution in [0.15, 0.2) is 46.9 Å². The zero-order chi connectivity index (χ0) is 14.8. The molecule has 0 N–H and O–H groups in total. The summed E-state index contributed by atoms with van der Waals surface area (Å²) in [7, 11) is 0. The Kier molecular flexibility index (Phi) is 3.50. The molecule has 1 aromatic heterocycles. The second-order valence-electron chi connectivity index (χ2n) is 4.33. The summed E-state index contributed by atoms with van der Waals surface area (Å²) in [5, 5.41) is 17.2. The Hall–Kier alpha value is -2.52. The van der Waals surface area contributed by atoms with E-state index in [1.807, 2.05) is 24.3 Å². The quantitative estimate of drug-likeness (QED) is 0.664. The standard InChI is InChI=1S/C15H8BrFN4/c16-11-3-1-10(2-4-11)7-13(9-18)21-15-8-12(17)5-6-14(15)19-20-21/h1-8H/b13-7+. The van der Waals surface area contributed by atoms with E-state index in [-0.39, 0.29) is 5.70 Å². The molecular formula is C15H8BrFN4. The van der Waals surface area contributed by atoms with Crippen molar-refractivity contribution in [1.29, 1.82) is 5.26 Å². The largest absolute Gasteiger partial charge is 0.207 e. The lowest BCUT2D eigenvalue weighted by Gasteiger charge is -2.00. The van der Waals surface area contributed by atoms with Gasteiger partial charge in [-0.05, 0) is 35.9 Å². The third-order valence-corrected chi connectivity index (χ3v) is 3.45. The van der Waals surface area contributed by atoms with Gasteiger partial charge in [-0.25, -0.2) is 9.07 Å². The van der Waals surface area contributed by atoms with Crippen molar-refractivity contribution in [2.24, 2.45) is 0 Å². The molecule has 2 aromatic carbocycles. The smallest absolute Gasteiger partial charge is 0.145 e. The summed E-state index contributed by atoms with van der Waals surface area (Å²) >= 11 is 3.35. The van der Waals surface area contributed by atoms with Crippen LogP contribution in [0.2, 0.25) is 0 Å². The molecular weight excluding hydrogens is 335 g/mol. The highest BCUT2D eigenvalue weighted by Crippen LogP contribution is 2.19. The maximum absolute atomic E-state index is 13.4. The van der Waals surface area contributed by atoms with Crippen molar-refractivity contribution >= 4 is 38.7 Å². The van der Waals surface area contributed by atoms with E-state index in [1.54, 1.807) is 6.08 Å². The minimum atomic E-state index is -0.396. The minimum absolute atomic E-state index is 0.269. The highest BCUT2D eigenvalue weighted by atomic mass is 79.9. The minimum Gasteiger partial charge on any atom is -0.207 e. The van der Waals surface area contributed by atoms with Crippen LogP contribution < -0.4 is 0 Å². The predicted octanol–water partition coefficient (Wildman–Crippen LogP) is 3.85. The lowest BCUT2D eigenvalue weighted by molar-refractivity contribution is 0.629. The number of benzene rings is 2. The number of hydrogen-bond acceptors (Lipinski definition) is 3. The molecule has 0 amide bonds. The summed E-state index contributed by atoms with van der Waals surface area (Å²) in [5.74, 6) is -0.396. The summed E-state index contributed by atoms with van der Waals surface area (Å²) in [6.45, 7) is 0. The maximum atomic E-state index is 13.4. The van der Waals surface area contributed by atoms with Crippen LogP contribution in [0, 0.1) is 17.1 Å². The summed E-state index contributed by atoms with van der Waals surface area (Å²) in [5.41, 5.74) is 2.11. The third kappa shape index (κ3) is 2.69. The Morgan fingerprint density at radius 3 is 2.71 bits per heavy atom. The first-order chi connectivity index (χ1) is 10.2. The SMILES string of the molecule is N#C/C(=C\c1ccc(Br)cc1)n1nnc2ccc(F)cc21. The zero-order valence-electron chi connectivity index (χ0n) is 10.7. The molecule has 0 spiro atoms. The predicted molar refractivity (Wildman–Crippen MR) is 81.4 cm³/mol. The number of fused-ring (bicyclic) bond motifs is 1. The maximum Gasteiger partial charge on any atom is 0.145 e. The Balaban J connectivity index is 2.12. The van der Waals surface area contributed by atoms with E-state index in [2.05, 4.69) is 32.3 Å². The lowest BCUT2D eigenvalue weighted by atomic mass is 10.2. The van der Waals surface area contributed by atoms with Crippen molar-refractivity contribution in [2.45, 2.75) is 0 Å². The van der Waals surface area contributed by atoms with Crippen LogP contribution in [0.5, 0.6) is 0 Å². The lowest BCUT2D eigenvalue weighted by Crippen LogP contribution is -1.97. The van der Waals surface area contributed by atoms with Crippen LogP contribution >= 0.6 is 15.9 Å². The summed E-state index contributed by atoms with van der Waals surface area (Å²) in [6.07, 6.45) is 1.67. The fraction of sp³-hybridized carbons (Fsp3) is 0. The van der Waals surface area contributed by atoms with Gasteiger partial charge in [-0.3, -0.25) is 0 Å². The van der Waals surface area contributed by atoms with Gasteiger partial charge in [-0.2, -0.15) is 5.26 Å². The van der Waals surface area contributed by atoms with E-state index in [9.17, 15) is 9.65 Å². The van der Waals surface area contributed by atoms with E-state index >= 15 is 0 Å². The second kappa shape index (κ2) is 5.46. The molecule has 0 aliphatic carbocycles. The van der Waals surface area contributed by atoms with E-state index < -0.39 is 5.82 Å². The molecule has 0 bridgehead atoms. The van der Waals surface area contributed by atoms with Gasteiger partial charge in [0.1, 0.15) is 23.1 Å². The molecule has 0 saturated heterocycles. The van der Waals surface area contributed by atoms with Gasteiger partial charge >= 0.3 is 0 Å². The summed E-state index contributed by atoms with van der Waals surface area (Å²) < 4.78 is 15.6. The van der Waals surface area contributed by atoms with Crippen molar-refractivity contribution < 1.29 is 4.39 Å². The highest BCUT2D eigenvalue weighted by Gasteiger charge is 2.09. The van der Waals surface area contributed by atoms with Gasteiger partial charge in [-0.15, -0.1) is 5.10 Å². The molecule has 0 atom stereocenters. The fourth-order valence-corrected chi connectivity index (χ4v) is 2.19. The average Bonchev–Trinajstić information content (AvgIpc) is 2.89. The van der Waals surface area contributed by atoms with Gasteiger partial charge in [0.25, 0.3) is 0 Å². The molecule has 0 unspecified atom stereocenters. The number of aromatic nitrogens is 3. The molecule has 21 heavy (non-hydrogen) atoms. The van der Waals surface area contributed by atoms with Crippen molar-refractivity contribution in [2.75, 3.05) is 0 Å². The highest BCUT2D eigenvalue weighted by molar-refractivity contribution is 9.10. The number of allylic oxidation sites excluding steroid dienone is 1. The van der Waals surface area contributed by atoms with E-state index in [0.717, 1.165) is 10.0 Å². The zero-order valence-corrected chi connectivity index (χ0v) is 12.2. The third-order valence-electron chi connectivity index (χ3n) is 2.92. The van der Waals surface area contributed by atoms with Crippen molar-refractivity contribution in [3.8, 4) is 6.07 Å². The Bertz CT molecular complexity index is 875. The van der Waals surface area contributed by atoms with Gasteiger partial charge in [0.2, 0.25) is 0 Å². The first-order valence-corrected chi connectivity index (χ1v) is 6.85. The molecule has 0 radical (unpaired) electrons. The van der Waals surface area contributed by atoms with Crippen LogP contribution in [-0.2, 0) is 0 Å². The van der Waals surface area contributed by atoms with Crippen LogP contribution in [-0.4, -0.2) is 15.0 Å². The van der Waals surface area contributed by atoms with Gasteiger partial charge in [-0.1, -0.05) is 33.3 Å². The van der Waals surface area contributed by atoms with Crippen molar-refractivity contribution in [3.05, 3.63) is 58.3 Å². The molecule has 3 aromatic rings. The average molecular weight is 343 g/mol. The molecule has 6 heteroatoms. The molecule has 0 aliphatic heterocycles. The Labute approximate surface area is 128 Å². The van der Waals surface area contributed by atoms with Gasteiger partial charge in [0, 0.05) is 10.5 Å². The fourth-order valence-electron chi connectivity index (χ4n) is 1.93. The van der Waals surface area contributed by atoms with E-state index in [1.165, 1.54) is 22.9 Å². The first-order valence-electron chi connectivity index (χ1n) is 6.06. The van der Waals surface area contributed by atoms with E-state index in [0.29, 0.717) is 11.0 Å². The first kappa shape index (κ1) is 13.5. The summed E-state index contributed by atoms with van der Waals surface area (Å²) in [6, 6.07) is 13.7. The number of hydrogen-bond donors (Lipinski definition) is 0. The molecule has 1 heterocycles. The molecule has 3 rings (SSSR count). The molecule has 4 nitrogen and oxygen atoms in total. The summed E-state index contributed by atoms with van der Waals surface area (Å²) in [4.78, 5) is 0. The molecule has 0 aliphatic rings. The topological polar surface area (TPSA) is 54.5 Å². The van der Waals surface area contributed by atoms with Gasteiger partial charge < -0.3 is 0 Å². The van der Waals surface area contributed by atoms with Gasteiger partial charge in [0.15, 0.2) is 0 Å². The molecule has 102 valence electrons. The number of nitriles is 1. The molecule has 0 fully saturated rings. The second-order valence-corrected chi connectivity index (χ2v) is 5.24. The molecule has 0 saturated carbocycles. The van der Waals surface area contributed by atoms with Crippen molar-refractivity contribution in [3.63, 3.8) is 0 Å². The monoisotopic (exact) mass is 342 g/mol. The normalized spacial score (nSPS) is 11.6. The van der Waals surface area contributed by atoms with E-state index in [4.69, 9.17) is 0 Å². The Morgan fingerprint density at radius 2 is 2.00 bits per heavy atom. The van der Waals surface area contributed by atoms with Gasteiger partial charge in [0.05, 0.1) is 5.52 Å². The number of nitrogens with zero attached hydrogens (tertiary/aromatic N) is 4. The van der Waals surface area contributed by atoms with Crippen LogP contribution in [0.4, 0.5) is 4.39 Å².